The maximum absolute atomic E-state index is 11.4. The summed E-state index contributed by atoms with van der Waals surface area (Å²) in [7, 11) is 0. The molecule has 1 aliphatic rings. The molecule has 0 N–H and O–H groups in total. The summed E-state index contributed by atoms with van der Waals surface area (Å²) in [6.45, 7) is 8.37. The molecule has 0 spiro atoms. The predicted molar refractivity (Wildman–Crippen MR) is 63.0 cm³/mol. The molecule has 17 heavy (non-hydrogen) atoms. The Morgan fingerprint density at radius 2 is 2.18 bits per heavy atom. The van der Waals surface area contributed by atoms with Crippen LogP contribution in [0, 0.1) is 11.8 Å². The molecule has 94 valence electrons. The second-order valence-corrected chi connectivity index (χ2v) is 4.60. The first-order valence-electron chi connectivity index (χ1n) is 5.99. The fourth-order valence-corrected chi connectivity index (χ4v) is 1.99. The lowest BCUT2D eigenvalue weighted by molar-refractivity contribution is 0.0519. The van der Waals surface area contributed by atoms with Crippen LogP contribution in [-0.2, 0) is 4.74 Å². The maximum atomic E-state index is 11.4. The number of oxazole rings is 1. The molecule has 1 saturated heterocycles. The summed E-state index contributed by atoms with van der Waals surface area (Å²) >= 11 is 0. The van der Waals surface area contributed by atoms with Gasteiger partial charge in [0.1, 0.15) is 6.26 Å². The molecule has 2 rings (SSSR count). The van der Waals surface area contributed by atoms with Crippen molar-refractivity contribution in [1.29, 1.82) is 0 Å². The standard InChI is InChI=1S/C12H18N2O3/c1-4-16-11(15)10-7-17-12(13-10)14-5-8(2)9(3)6-14/h7-9H,4-6H2,1-3H3. The van der Waals surface area contributed by atoms with Gasteiger partial charge in [-0.3, -0.25) is 0 Å². The topological polar surface area (TPSA) is 55.6 Å². The lowest BCUT2D eigenvalue weighted by Crippen LogP contribution is -2.20. The van der Waals surface area contributed by atoms with Gasteiger partial charge in [-0.15, -0.1) is 0 Å². The Labute approximate surface area is 101 Å². The third kappa shape index (κ3) is 2.43. The number of hydrogen-bond donors (Lipinski definition) is 0. The summed E-state index contributed by atoms with van der Waals surface area (Å²) in [5, 5.41) is 0. The zero-order valence-corrected chi connectivity index (χ0v) is 10.5. The highest BCUT2D eigenvalue weighted by Gasteiger charge is 2.29. The largest absolute Gasteiger partial charge is 0.461 e. The van der Waals surface area contributed by atoms with Gasteiger partial charge in [0.05, 0.1) is 6.61 Å². The van der Waals surface area contributed by atoms with E-state index < -0.39 is 5.97 Å². The quantitative estimate of drug-likeness (QED) is 0.753. The van der Waals surface area contributed by atoms with Crippen molar-refractivity contribution in [2.24, 2.45) is 11.8 Å². The van der Waals surface area contributed by atoms with Gasteiger partial charge >= 0.3 is 5.97 Å². The Bertz CT molecular complexity index is 392. The normalized spacial score (nSPS) is 24.1. The van der Waals surface area contributed by atoms with Crippen LogP contribution < -0.4 is 4.90 Å². The van der Waals surface area contributed by atoms with E-state index in [4.69, 9.17) is 9.15 Å². The van der Waals surface area contributed by atoms with Crippen molar-refractivity contribution in [1.82, 2.24) is 4.98 Å². The molecule has 5 nitrogen and oxygen atoms in total. The molecule has 2 atom stereocenters. The van der Waals surface area contributed by atoms with Crippen LogP contribution in [0.25, 0.3) is 0 Å². The van der Waals surface area contributed by atoms with Gasteiger partial charge in [0.15, 0.2) is 5.69 Å². The minimum absolute atomic E-state index is 0.244. The SMILES string of the molecule is CCOC(=O)c1coc(N2CC(C)C(C)C2)n1. The van der Waals surface area contributed by atoms with Gasteiger partial charge < -0.3 is 14.1 Å². The highest BCUT2D eigenvalue weighted by atomic mass is 16.5. The summed E-state index contributed by atoms with van der Waals surface area (Å²) < 4.78 is 10.2. The second kappa shape index (κ2) is 4.77. The minimum Gasteiger partial charge on any atom is -0.461 e. The number of aromatic nitrogens is 1. The van der Waals surface area contributed by atoms with Gasteiger partial charge in [-0.2, -0.15) is 4.98 Å². The van der Waals surface area contributed by atoms with Crippen LogP contribution in [0.3, 0.4) is 0 Å². The van der Waals surface area contributed by atoms with Gasteiger partial charge in [-0.1, -0.05) is 13.8 Å². The summed E-state index contributed by atoms with van der Waals surface area (Å²) in [6, 6.07) is 0.518. The average molecular weight is 238 g/mol. The van der Waals surface area contributed by atoms with Crippen LogP contribution in [0.5, 0.6) is 0 Å². The number of rotatable bonds is 3. The van der Waals surface area contributed by atoms with Gasteiger partial charge in [0.2, 0.25) is 0 Å². The zero-order valence-electron chi connectivity index (χ0n) is 10.5. The van der Waals surface area contributed by atoms with Crippen molar-refractivity contribution >= 4 is 12.0 Å². The van der Waals surface area contributed by atoms with Crippen molar-refractivity contribution in [2.75, 3.05) is 24.6 Å². The first-order chi connectivity index (χ1) is 8.11. The molecule has 1 fully saturated rings. The number of hydrogen-bond acceptors (Lipinski definition) is 5. The molecule has 2 heterocycles. The Morgan fingerprint density at radius 3 is 2.76 bits per heavy atom. The number of anilines is 1. The highest BCUT2D eigenvalue weighted by molar-refractivity contribution is 5.87. The third-order valence-electron chi connectivity index (χ3n) is 3.24. The van der Waals surface area contributed by atoms with E-state index in [1.807, 2.05) is 0 Å². The van der Waals surface area contributed by atoms with Crippen LogP contribution in [0.15, 0.2) is 10.7 Å². The van der Waals surface area contributed by atoms with E-state index >= 15 is 0 Å². The fourth-order valence-electron chi connectivity index (χ4n) is 1.99. The number of ether oxygens (including phenoxy) is 1. The predicted octanol–water partition coefficient (Wildman–Crippen LogP) is 1.94. The van der Waals surface area contributed by atoms with Crippen LogP contribution >= 0.6 is 0 Å². The van der Waals surface area contributed by atoms with Crippen LogP contribution in [0.4, 0.5) is 6.01 Å². The third-order valence-corrected chi connectivity index (χ3v) is 3.24. The van der Waals surface area contributed by atoms with E-state index in [1.165, 1.54) is 6.26 Å². The van der Waals surface area contributed by atoms with Gasteiger partial charge in [0.25, 0.3) is 6.01 Å². The first-order valence-corrected chi connectivity index (χ1v) is 5.99. The smallest absolute Gasteiger partial charge is 0.360 e. The fraction of sp³-hybridized carbons (Fsp3) is 0.667. The van der Waals surface area contributed by atoms with Crippen LogP contribution in [0.2, 0.25) is 0 Å². The van der Waals surface area contributed by atoms with E-state index in [-0.39, 0.29) is 5.69 Å². The Morgan fingerprint density at radius 1 is 1.53 bits per heavy atom. The summed E-state index contributed by atoms with van der Waals surface area (Å²) in [4.78, 5) is 17.7. The zero-order chi connectivity index (χ0) is 12.4. The Kier molecular flexibility index (Phi) is 3.36. The number of esters is 1. The molecule has 0 radical (unpaired) electrons. The summed E-state index contributed by atoms with van der Waals surface area (Å²) in [6.07, 6.45) is 1.36. The molecular formula is C12H18N2O3. The Balaban J connectivity index is 2.06. The molecule has 1 aromatic heterocycles. The van der Waals surface area contributed by atoms with Crippen LogP contribution in [-0.4, -0.2) is 30.6 Å². The van der Waals surface area contributed by atoms with E-state index in [9.17, 15) is 4.79 Å². The molecule has 0 aromatic carbocycles. The highest BCUT2D eigenvalue weighted by Crippen LogP contribution is 2.27. The second-order valence-electron chi connectivity index (χ2n) is 4.60. The van der Waals surface area contributed by atoms with Gasteiger partial charge in [-0.05, 0) is 18.8 Å². The lowest BCUT2D eigenvalue weighted by Gasteiger charge is -2.11. The maximum Gasteiger partial charge on any atom is 0.360 e. The molecule has 0 aliphatic carbocycles. The monoisotopic (exact) mass is 238 g/mol. The van der Waals surface area contributed by atoms with E-state index in [0.29, 0.717) is 24.5 Å². The van der Waals surface area contributed by atoms with E-state index in [2.05, 4.69) is 23.7 Å². The lowest BCUT2D eigenvalue weighted by atomic mass is 10.0. The molecular weight excluding hydrogens is 220 g/mol. The molecule has 0 amide bonds. The van der Waals surface area contributed by atoms with Crippen LogP contribution in [0.1, 0.15) is 31.3 Å². The summed E-state index contributed by atoms with van der Waals surface area (Å²) in [5.74, 6) is 0.809. The van der Waals surface area contributed by atoms with Crippen molar-refractivity contribution in [2.45, 2.75) is 20.8 Å². The summed E-state index contributed by atoms with van der Waals surface area (Å²) in [5.41, 5.74) is 0.244. The molecule has 0 saturated carbocycles. The van der Waals surface area contributed by atoms with E-state index in [1.54, 1.807) is 6.92 Å². The minimum atomic E-state index is -0.428. The molecule has 0 bridgehead atoms. The van der Waals surface area contributed by atoms with Gasteiger partial charge in [-0.25, -0.2) is 4.79 Å². The van der Waals surface area contributed by atoms with Gasteiger partial charge in [0, 0.05) is 13.1 Å². The number of carbonyl (C=O) groups excluding carboxylic acids is 1. The average Bonchev–Trinajstić information content (AvgIpc) is 2.87. The van der Waals surface area contributed by atoms with Crippen molar-refractivity contribution in [3.05, 3.63) is 12.0 Å². The molecule has 5 heteroatoms. The van der Waals surface area contributed by atoms with Crippen molar-refractivity contribution in [3.8, 4) is 0 Å². The molecule has 1 aromatic rings. The number of carbonyl (C=O) groups is 1. The number of nitrogens with zero attached hydrogens (tertiary/aromatic N) is 2. The molecule has 2 unspecified atom stereocenters. The van der Waals surface area contributed by atoms with E-state index in [0.717, 1.165) is 13.1 Å². The molecule has 1 aliphatic heterocycles. The Hall–Kier alpha value is -1.52. The van der Waals surface area contributed by atoms with Crippen molar-refractivity contribution < 1.29 is 13.9 Å². The van der Waals surface area contributed by atoms with Crippen molar-refractivity contribution in [3.63, 3.8) is 0 Å². The first kappa shape index (κ1) is 12.0.